The zero-order valence-electron chi connectivity index (χ0n) is 14.8. The van der Waals surface area contributed by atoms with E-state index in [1.54, 1.807) is 4.90 Å². The summed E-state index contributed by atoms with van der Waals surface area (Å²) in [7, 11) is 2.00. The molecule has 5 heteroatoms. The van der Waals surface area contributed by atoms with Crippen molar-refractivity contribution in [1.29, 1.82) is 0 Å². The minimum atomic E-state index is -0.0726. The van der Waals surface area contributed by atoms with Crippen molar-refractivity contribution in [3.05, 3.63) is 24.0 Å². The lowest BCUT2D eigenvalue weighted by Crippen LogP contribution is -2.45. The lowest BCUT2D eigenvalue weighted by molar-refractivity contribution is -0.143. The molecule has 0 atom stereocenters. The smallest absolute Gasteiger partial charge is 0.242 e. The molecule has 5 nitrogen and oxygen atoms in total. The van der Waals surface area contributed by atoms with Crippen LogP contribution in [0.1, 0.15) is 45.7 Å². The van der Waals surface area contributed by atoms with E-state index in [1.165, 1.54) is 0 Å². The first-order valence-electron chi connectivity index (χ1n) is 8.62. The normalized spacial score (nSPS) is 14.1. The molecular formula is C18H29N3O2. The van der Waals surface area contributed by atoms with E-state index in [-0.39, 0.29) is 24.3 Å². The van der Waals surface area contributed by atoms with Gasteiger partial charge < -0.3 is 14.4 Å². The molecule has 0 spiro atoms. The summed E-state index contributed by atoms with van der Waals surface area (Å²) in [6.45, 7) is 7.28. The lowest BCUT2D eigenvalue weighted by atomic mass is 10.2. The lowest BCUT2D eigenvalue weighted by Gasteiger charge is -2.28. The maximum absolute atomic E-state index is 12.8. The maximum atomic E-state index is 12.8. The van der Waals surface area contributed by atoms with Gasteiger partial charge in [0.1, 0.15) is 0 Å². The summed E-state index contributed by atoms with van der Waals surface area (Å²) in [5.74, 6) is 0.0579. The first-order valence-corrected chi connectivity index (χ1v) is 8.62. The van der Waals surface area contributed by atoms with Crippen molar-refractivity contribution in [2.45, 2.75) is 52.6 Å². The van der Waals surface area contributed by atoms with Crippen molar-refractivity contribution in [3.8, 4) is 0 Å². The van der Waals surface area contributed by atoms with Gasteiger partial charge in [-0.15, -0.1) is 0 Å². The zero-order valence-corrected chi connectivity index (χ0v) is 14.8. The van der Waals surface area contributed by atoms with Crippen LogP contribution in [0, 0.1) is 5.92 Å². The Bertz CT molecular complexity index is 546. The SMILES string of the molecule is CCCN(CC(=O)N(Cc1cccn1C)C1CC1)C(=O)C(C)C. The van der Waals surface area contributed by atoms with Gasteiger partial charge in [0, 0.05) is 37.4 Å². The van der Waals surface area contributed by atoms with Crippen molar-refractivity contribution in [1.82, 2.24) is 14.4 Å². The van der Waals surface area contributed by atoms with Crippen molar-refractivity contribution in [2.24, 2.45) is 13.0 Å². The summed E-state index contributed by atoms with van der Waals surface area (Å²) in [6, 6.07) is 4.39. The second kappa shape index (κ2) is 7.66. The molecule has 0 radical (unpaired) electrons. The van der Waals surface area contributed by atoms with Gasteiger partial charge in [0.05, 0.1) is 13.1 Å². The van der Waals surface area contributed by atoms with E-state index < -0.39 is 0 Å². The average Bonchev–Trinajstić information content (AvgIpc) is 3.26. The van der Waals surface area contributed by atoms with Crippen LogP contribution in [0.3, 0.4) is 0 Å². The molecule has 1 aromatic rings. The molecule has 1 heterocycles. The highest BCUT2D eigenvalue weighted by Gasteiger charge is 2.34. The average molecular weight is 319 g/mol. The fourth-order valence-electron chi connectivity index (χ4n) is 2.80. The number of amides is 2. The number of aromatic nitrogens is 1. The van der Waals surface area contributed by atoms with Crippen molar-refractivity contribution >= 4 is 11.8 Å². The summed E-state index contributed by atoms with van der Waals surface area (Å²) in [4.78, 5) is 28.8. The van der Waals surface area contributed by atoms with Gasteiger partial charge in [-0.05, 0) is 31.4 Å². The Balaban J connectivity index is 2.05. The minimum absolute atomic E-state index is 0.0646. The molecule has 1 aromatic heterocycles. The Kier molecular flexibility index (Phi) is 5.85. The highest BCUT2D eigenvalue weighted by molar-refractivity contribution is 5.86. The molecule has 1 saturated carbocycles. The molecule has 23 heavy (non-hydrogen) atoms. The number of carbonyl (C=O) groups is 2. The van der Waals surface area contributed by atoms with E-state index in [0.717, 1.165) is 25.0 Å². The Morgan fingerprint density at radius 3 is 2.52 bits per heavy atom. The molecule has 128 valence electrons. The van der Waals surface area contributed by atoms with Crippen molar-refractivity contribution in [2.75, 3.05) is 13.1 Å². The van der Waals surface area contributed by atoms with Crippen LogP contribution >= 0.6 is 0 Å². The van der Waals surface area contributed by atoms with Crippen LogP contribution in [0.4, 0.5) is 0 Å². The second-order valence-electron chi connectivity index (χ2n) is 6.78. The predicted molar refractivity (Wildman–Crippen MR) is 90.7 cm³/mol. The summed E-state index contributed by atoms with van der Waals surface area (Å²) < 4.78 is 2.05. The third kappa shape index (κ3) is 4.60. The van der Waals surface area contributed by atoms with Crippen LogP contribution in [0.5, 0.6) is 0 Å². The molecule has 1 fully saturated rings. The number of nitrogens with zero attached hydrogens (tertiary/aromatic N) is 3. The largest absolute Gasteiger partial charge is 0.353 e. The fourth-order valence-corrected chi connectivity index (χ4v) is 2.80. The third-order valence-corrected chi connectivity index (χ3v) is 4.32. The van der Waals surface area contributed by atoms with E-state index in [1.807, 2.05) is 55.6 Å². The third-order valence-electron chi connectivity index (χ3n) is 4.32. The van der Waals surface area contributed by atoms with Gasteiger partial charge in [-0.2, -0.15) is 0 Å². The van der Waals surface area contributed by atoms with Gasteiger partial charge in [-0.25, -0.2) is 0 Å². The number of rotatable bonds is 8. The second-order valence-corrected chi connectivity index (χ2v) is 6.78. The molecule has 2 amide bonds. The van der Waals surface area contributed by atoms with Crippen LogP contribution in [-0.2, 0) is 23.2 Å². The standard InChI is InChI=1S/C18H29N3O2/c1-5-10-20(18(23)14(2)3)13-17(22)21(15-8-9-15)12-16-7-6-11-19(16)4/h6-7,11,14-15H,5,8-10,12-13H2,1-4H3. The monoisotopic (exact) mass is 319 g/mol. The van der Waals surface area contributed by atoms with E-state index >= 15 is 0 Å². The Hall–Kier alpha value is -1.78. The zero-order chi connectivity index (χ0) is 17.0. The van der Waals surface area contributed by atoms with E-state index in [2.05, 4.69) is 0 Å². The van der Waals surface area contributed by atoms with Gasteiger partial charge in [0.2, 0.25) is 11.8 Å². The summed E-state index contributed by atoms with van der Waals surface area (Å²) in [5, 5.41) is 0. The Labute approximate surface area is 139 Å². The highest BCUT2D eigenvalue weighted by Crippen LogP contribution is 2.28. The number of aryl methyl sites for hydroxylation is 1. The summed E-state index contributed by atoms with van der Waals surface area (Å²) >= 11 is 0. The van der Waals surface area contributed by atoms with E-state index in [4.69, 9.17) is 0 Å². The van der Waals surface area contributed by atoms with Crippen molar-refractivity contribution < 1.29 is 9.59 Å². The number of hydrogen-bond acceptors (Lipinski definition) is 2. The van der Waals surface area contributed by atoms with E-state index in [9.17, 15) is 9.59 Å². The first-order chi connectivity index (χ1) is 10.9. The maximum Gasteiger partial charge on any atom is 0.242 e. The minimum Gasteiger partial charge on any atom is -0.353 e. The van der Waals surface area contributed by atoms with Gasteiger partial charge in [0.15, 0.2) is 0 Å². The van der Waals surface area contributed by atoms with Gasteiger partial charge >= 0.3 is 0 Å². The van der Waals surface area contributed by atoms with Crippen LogP contribution < -0.4 is 0 Å². The predicted octanol–water partition coefficient (Wildman–Crippen LogP) is 2.41. The van der Waals surface area contributed by atoms with Crippen LogP contribution in [-0.4, -0.2) is 45.3 Å². The number of carbonyl (C=O) groups excluding carboxylic acids is 2. The molecule has 0 aliphatic heterocycles. The summed E-state index contributed by atoms with van der Waals surface area (Å²) in [5.41, 5.74) is 1.13. The highest BCUT2D eigenvalue weighted by atomic mass is 16.2. The fraction of sp³-hybridized carbons (Fsp3) is 0.667. The molecule has 0 unspecified atom stereocenters. The number of hydrogen-bond donors (Lipinski definition) is 0. The molecule has 1 aliphatic carbocycles. The molecular weight excluding hydrogens is 290 g/mol. The Morgan fingerprint density at radius 1 is 1.35 bits per heavy atom. The van der Waals surface area contributed by atoms with Crippen LogP contribution in [0.2, 0.25) is 0 Å². The van der Waals surface area contributed by atoms with E-state index in [0.29, 0.717) is 19.1 Å². The Morgan fingerprint density at radius 2 is 2.04 bits per heavy atom. The van der Waals surface area contributed by atoms with Gasteiger partial charge in [0.25, 0.3) is 0 Å². The topological polar surface area (TPSA) is 45.6 Å². The van der Waals surface area contributed by atoms with Crippen molar-refractivity contribution in [3.63, 3.8) is 0 Å². The molecule has 0 saturated heterocycles. The van der Waals surface area contributed by atoms with Gasteiger partial charge in [-0.1, -0.05) is 20.8 Å². The molecule has 0 bridgehead atoms. The van der Waals surface area contributed by atoms with Gasteiger partial charge in [-0.3, -0.25) is 9.59 Å². The van der Waals surface area contributed by atoms with Crippen LogP contribution in [0.25, 0.3) is 0 Å². The molecule has 2 rings (SSSR count). The first kappa shape index (κ1) is 17.6. The quantitative estimate of drug-likeness (QED) is 0.738. The molecule has 0 N–H and O–H groups in total. The summed E-state index contributed by atoms with van der Waals surface area (Å²) in [6.07, 6.45) is 5.01. The molecule has 0 aromatic carbocycles. The van der Waals surface area contributed by atoms with Crippen LogP contribution in [0.15, 0.2) is 18.3 Å². The molecule has 1 aliphatic rings.